The standard InChI is InChI=1S/C17H19N3O/c1-12-3-2-4-13(9-12)10-17(21)20-16-8-7-15(11-18-16)19-14-5-6-14/h2-4,7-9,11,14,19H,5-6,10H2,1H3,(H,18,20,21). The van der Waals surface area contributed by atoms with Crippen LogP contribution in [0, 0.1) is 6.92 Å². The first kappa shape index (κ1) is 13.6. The Bertz CT molecular complexity index is 633. The number of aryl methyl sites for hydroxylation is 1. The highest BCUT2D eigenvalue weighted by Crippen LogP contribution is 2.24. The van der Waals surface area contributed by atoms with Crippen molar-refractivity contribution in [1.29, 1.82) is 0 Å². The Hall–Kier alpha value is -2.36. The van der Waals surface area contributed by atoms with E-state index in [4.69, 9.17) is 0 Å². The number of hydrogen-bond acceptors (Lipinski definition) is 3. The third-order valence-corrected chi connectivity index (χ3v) is 3.43. The zero-order chi connectivity index (χ0) is 14.7. The van der Waals surface area contributed by atoms with E-state index < -0.39 is 0 Å². The molecule has 4 heteroatoms. The Labute approximate surface area is 124 Å². The zero-order valence-electron chi connectivity index (χ0n) is 12.1. The molecular formula is C17H19N3O. The highest BCUT2D eigenvalue weighted by atomic mass is 16.1. The molecule has 1 aliphatic carbocycles. The van der Waals surface area contributed by atoms with Gasteiger partial charge in [-0.2, -0.15) is 0 Å². The van der Waals surface area contributed by atoms with Gasteiger partial charge in [-0.25, -0.2) is 4.98 Å². The van der Waals surface area contributed by atoms with Crippen molar-refractivity contribution in [1.82, 2.24) is 4.98 Å². The summed E-state index contributed by atoms with van der Waals surface area (Å²) >= 11 is 0. The van der Waals surface area contributed by atoms with E-state index in [2.05, 4.69) is 15.6 Å². The van der Waals surface area contributed by atoms with Gasteiger partial charge in [0.15, 0.2) is 0 Å². The fourth-order valence-corrected chi connectivity index (χ4v) is 2.21. The number of carbonyl (C=O) groups excluding carboxylic acids is 1. The van der Waals surface area contributed by atoms with Gasteiger partial charge in [-0.1, -0.05) is 29.8 Å². The molecular weight excluding hydrogens is 262 g/mol. The lowest BCUT2D eigenvalue weighted by Gasteiger charge is -2.07. The molecule has 108 valence electrons. The van der Waals surface area contributed by atoms with Crippen LogP contribution in [0.1, 0.15) is 24.0 Å². The Balaban J connectivity index is 1.56. The molecule has 1 heterocycles. The van der Waals surface area contributed by atoms with Crippen LogP contribution in [0.25, 0.3) is 0 Å². The van der Waals surface area contributed by atoms with Crippen molar-refractivity contribution in [2.24, 2.45) is 0 Å². The summed E-state index contributed by atoms with van der Waals surface area (Å²) in [7, 11) is 0. The second kappa shape index (κ2) is 5.95. The summed E-state index contributed by atoms with van der Waals surface area (Å²) in [6, 6.07) is 12.4. The molecule has 4 nitrogen and oxygen atoms in total. The van der Waals surface area contributed by atoms with Gasteiger partial charge in [0.25, 0.3) is 0 Å². The normalized spacial score (nSPS) is 13.8. The van der Waals surface area contributed by atoms with Gasteiger partial charge in [0.05, 0.1) is 18.3 Å². The van der Waals surface area contributed by atoms with Crippen molar-refractivity contribution in [3.05, 3.63) is 53.7 Å². The summed E-state index contributed by atoms with van der Waals surface area (Å²) in [6.07, 6.45) is 4.59. The maximum atomic E-state index is 12.0. The number of rotatable bonds is 5. The number of amides is 1. The van der Waals surface area contributed by atoms with Gasteiger partial charge in [-0.15, -0.1) is 0 Å². The van der Waals surface area contributed by atoms with Crippen LogP contribution in [-0.2, 0) is 11.2 Å². The maximum Gasteiger partial charge on any atom is 0.229 e. The van der Waals surface area contributed by atoms with E-state index in [9.17, 15) is 4.79 Å². The van der Waals surface area contributed by atoms with Crippen LogP contribution >= 0.6 is 0 Å². The third-order valence-electron chi connectivity index (χ3n) is 3.43. The van der Waals surface area contributed by atoms with E-state index in [1.807, 2.05) is 43.3 Å². The Morgan fingerprint density at radius 3 is 2.81 bits per heavy atom. The van der Waals surface area contributed by atoms with Gasteiger partial charge in [-0.3, -0.25) is 4.79 Å². The van der Waals surface area contributed by atoms with Crippen LogP contribution in [-0.4, -0.2) is 16.9 Å². The van der Waals surface area contributed by atoms with Gasteiger partial charge >= 0.3 is 0 Å². The number of carbonyl (C=O) groups is 1. The van der Waals surface area contributed by atoms with E-state index in [1.165, 1.54) is 12.8 Å². The van der Waals surface area contributed by atoms with Crippen molar-refractivity contribution < 1.29 is 4.79 Å². The average Bonchev–Trinajstić information content (AvgIpc) is 3.25. The van der Waals surface area contributed by atoms with E-state index in [0.717, 1.165) is 16.8 Å². The van der Waals surface area contributed by atoms with Gasteiger partial charge in [-0.05, 0) is 37.5 Å². The molecule has 0 spiro atoms. The lowest BCUT2D eigenvalue weighted by molar-refractivity contribution is -0.115. The highest BCUT2D eigenvalue weighted by molar-refractivity contribution is 5.91. The quantitative estimate of drug-likeness (QED) is 0.885. The lowest BCUT2D eigenvalue weighted by atomic mass is 10.1. The molecule has 3 rings (SSSR count). The molecule has 2 N–H and O–H groups in total. The number of anilines is 2. The summed E-state index contributed by atoms with van der Waals surface area (Å²) in [5, 5.41) is 6.20. The largest absolute Gasteiger partial charge is 0.381 e. The molecule has 0 radical (unpaired) electrons. The molecule has 0 bridgehead atoms. The van der Waals surface area contributed by atoms with E-state index in [0.29, 0.717) is 18.3 Å². The van der Waals surface area contributed by atoms with Crippen LogP contribution in [0.15, 0.2) is 42.6 Å². The molecule has 1 aliphatic rings. The number of nitrogens with zero attached hydrogens (tertiary/aromatic N) is 1. The predicted molar refractivity (Wildman–Crippen MR) is 84.4 cm³/mol. The topological polar surface area (TPSA) is 54.0 Å². The van der Waals surface area contributed by atoms with Crippen molar-refractivity contribution >= 4 is 17.4 Å². The number of nitrogens with one attached hydrogen (secondary N) is 2. The summed E-state index contributed by atoms with van der Waals surface area (Å²) in [5.41, 5.74) is 3.18. The van der Waals surface area contributed by atoms with Crippen LogP contribution in [0.5, 0.6) is 0 Å². The molecule has 0 saturated heterocycles. The van der Waals surface area contributed by atoms with Gasteiger partial charge < -0.3 is 10.6 Å². The monoisotopic (exact) mass is 281 g/mol. The van der Waals surface area contributed by atoms with Gasteiger partial charge in [0, 0.05) is 6.04 Å². The van der Waals surface area contributed by atoms with Crippen LogP contribution in [0.3, 0.4) is 0 Å². The number of aromatic nitrogens is 1. The van der Waals surface area contributed by atoms with E-state index in [1.54, 1.807) is 6.20 Å². The van der Waals surface area contributed by atoms with Crippen LogP contribution < -0.4 is 10.6 Å². The highest BCUT2D eigenvalue weighted by Gasteiger charge is 2.20. The second-order valence-corrected chi connectivity index (χ2v) is 5.56. The van der Waals surface area contributed by atoms with Crippen molar-refractivity contribution in [2.75, 3.05) is 10.6 Å². The summed E-state index contributed by atoms with van der Waals surface area (Å²) in [4.78, 5) is 16.3. The number of pyridine rings is 1. The first-order valence-corrected chi connectivity index (χ1v) is 7.27. The molecule has 1 aromatic heterocycles. The van der Waals surface area contributed by atoms with Crippen LogP contribution in [0.4, 0.5) is 11.5 Å². The molecule has 2 aromatic rings. The Morgan fingerprint density at radius 2 is 2.14 bits per heavy atom. The molecule has 1 aromatic carbocycles. The molecule has 1 amide bonds. The van der Waals surface area contributed by atoms with Gasteiger partial charge in [0.1, 0.15) is 5.82 Å². The SMILES string of the molecule is Cc1cccc(CC(=O)Nc2ccc(NC3CC3)cn2)c1. The second-order valence-electron chi connectivity index (χ2n) is 5.56. The Morgan fingerprint density at radius 1 is 1.29 bits per heavy atom. The minimum atomic E-state index is -0.0454. The van der Waals surface area contributed by atoms with E-state index in [-0.39, 0.29) is 5.91 Å². The van der Waals surface area contributed by atoms with Crippen molar-refractivity contribution in [3.63, 3.8) is 0 Å². The molecule has 1 saturated carbocycles. The van der Waals surface area contributed by atoms with Crippen LogP contribution in [0.2, 0.25) is 0 Å². The number of benzene rings is 1. The predicted octanol–water partition coefficient (Wildman–Crippen LogP) is 3.15. The summed E-state index contributed by atoms with van der Waals surface area (Å²) < 4.78 is 0. The first-order chi connectivity index (χ1) is 10.2. The third kappa shape index (κ3) is 4.05. The minimum absolute atomic E-state index is 0.0454. The maximum absolute atomic E-state index is 12.0. The first-order valence-electron chi connectivity index (χ1n) is 7.27. The minimum Gasteiger partial charge on any atom is -0.381 e. The fraction of sp³-hybridized carbons (Fsp3) is 0.294. The fourth-order valence-electron chi connectivity index (χ4n) is 2.21. The van der Waals surface area contributed by atoms with Crippen molar-refractivity contribution in [3.8, 4) is 0 Å². The smallest absolute Gasteiger partial charge is 0.229 e. The van der Waals surface area contributed by atoms with Gasteiger partial charge in [0.2, 0.25) is 5.91 Å². The lowest BCUT2D eigenvalue weighted by Crippen LogP contribution is -2.15. The molecule has 21 heavy (non-hydrogen) atoms. The zero-order valence-corrected chi connectivity index (χ0v) is 12.1. The summed E-state index contributed by atoms with van der Waals surface area (Å²) in [6.45, 7) is 2.02. The molecule has 0 aliphatic heterocycles. The molecule has 0 atom stereocenters. The van der Waals surface area contributed by atoms with Crippen molar-refractivity contribution in [2.45, 2.75) is 32.2 Å². The Kier molecular flexibility index (Phi) is 3.86. The molecule has 1 fully saturated rings. The average molecular weight is 281 g/mol. The number of hydrogen-bond donors (Lipinski definition) is 2. The summed E-state index contributed by atoms with van der Waals surface area (Å²) in [5.74, 6) is 0.546. The molecule has 0 unspecified atom stereocenters. The van der Waals surface area contributed by atoms with E-state index >= 15 is 0 Å².